The van der Waals surface area contributed by atoms with Gasteiger partial charge in [0.2, 0.25) is 5.91 Å². The zero-order valence-corrected chi connectivity index (χ0v) is 14.9. The van der Waals surface area contributed by atoms with Crippen LogP contribution in [0.3, 0.4) is 0 Å². The van der Waals surface area contributed by atoms with E-state index in [-0.39, 0.29) is 11.9 Å². The first kappa shape index (κ1) is 17.8. The number of hydrogen-bond acceptors (Lipinski definition) is 4. The number of ether oxygens (including phenoxy) is 1. The van der Waals surface area contributed by atoms with Crippen LogP contribution in [0.2, 0.25) is 0 Å². The molecule has 2 aromatic carbocycles. The third kappa shape index (κ3) is 4.74. The monoisotopic (exact) mass is 350 g/mol. The van der Waals surface area contributed by atoms with E-state index in [9.17, 15) is 4.79 Å². The number of likely N-dealkylation sites (N-methyl/N-ethyl adjacent to an activating group) is 1. The van der Waals surface area contributed by atoms with Crippen molar-refractivity contribution in [2.75, 3.05) is 12.4 Å². The molecular weight excluding hydrogens is 328 g/mol. The molecule has 1 aromatic heterocycles. The number of amides is 1. The third-order valence-electron chi connectivity index (χ3n) is 4.13. The van der Waals surface area contributed by atoms with Crippen LogP contribution < -0.4 is 10.1 Å². The van der Waals surface area contributed by atoms with Gasteiger partial charge >= 0.3 is 0 Å². The van der Waals surface area contributed by atoms with Crippen molar-refractivity contribution in [2.24, 2.45) is 0 Å². The van der Waals surface area contributed by atoms with Crippen LogP contribution in [0.4, 0.5) is 5.69 Å². The molecule has 0 aliphatic carbocycles. The molecule has 1 heterocycles. The lowest BCUT2D eigenvalue weighted by Gasteiger charge is -2.22. The van der Waals surface area contributed by atoms with Crippen LogP contribution in [-0.2, 0) is 11.3 Å². The van der Waals surface area contributed by atoms with E-state index in [1.165, 1.54) is 0 Å². The van der Waals surface area contributed by atoms with Gasteiger partial charge in [-0.3, -0.25) is 9.69 Å². The third-order valence-corrected chi connectivity index (χ3v) is 4.13. The smallest absolute Gasteiger partial charge is 0.241 e. The number of nitrogens with one attached hydrogen (secondary N) is 1. The molecule has 1 N–H and O–H groups in total. The molecule has 0 fully saturated rings. The summed E-state index contributed by atoms with van der Waals surface area (Å²) in [6.07, 6.45) is 1.63. The number of carbonyl (C=O) groups excluding carboxylic acids is 1. The Morgan fingerprint density at radius 3 is 2.38 bits per heavy atom. The van der Waals surface area contributed by atoms with Gasteiger partial charge in [-0.2, -0.15) is 0 Å². The lowest BCUT2D eigenvalue weighted by atomic mass is 10.2. The summed E-state index contributed by atoms with van der Waals surface area (Å²) in [5, 5.41) is 2.93. The minimum absolute atomic E-state index is 0.0733. The number of rotatable bonds is 7. The summed E-state index contributed by atoms with van der Waals surface area (Å²) in [7, 11) is 1.89. The average Bonchev–Trinajstić information content (AvgIpc) is 3.16. The molecule has 3 rings (SSSR count). The number of carbonyl (C=O) groups is 1. The van der Waals surface area contributed by atoms with E-state index in [0.717, 1.165) is 22.9 Å². The first-order valence-electron chi connectivity index (χ1n) is 8.48. The van der Waals surface area contributed by atoms with Gasteiger partial charge < -0.3 is 14.5 Å². The molecular formula is C21H22N2O3. The van der Waals surface area contributed by atoms with E-state index in [1.54, 1.807) is 6.26 Å². The Kier molecular flexibility index (Phi) is 5.71. The molecule has 1 atom stereocenters. The van der Waals surface area contributed by atoms with Crippen LogP contribution >= 0.6 is 0 Å². The molecule has 0 saturated carbocycles. The second-order valence-electron chi connectivity index (χ2n) is 6.10. The van der Waals surface area contributed by atoms with Crippen molar-refractivity contribution in [3.05, 3.63) is 78.8 Å². The van der Waals surface area contributed by atoms with Gasteiger partial charge in [-0.1, -0.05) is 18.2 Å². The molecule has 5 nitrogen and oxygen atoms in total. The topological polar surface area (TPSA) is 54.7 Å². The van der Waals surface area contributed by atoms with E-state index in [2.05, 4.69) is 5.32 Å². The van der Waals surface area contributed by atoms with Gasteiger partial charge in [-0.25, -0.2) is 0 Å². The van der Waals surface area contributed by atoms with Crippen molar-refractivity contribution >= 4 is 11.6 Å². The Morgan fingerprint density at radius 2 is 1.73 bits per heavy atom. The molecule has 1 amide bonds. The second kappa shape index (κ2) is 8.36. The van der Waals surface area contributed by atoms with E-state index in [1.807, 2.05) is 85.6 Å². The normalized spacial score (nSPS) is 12.0. The fourth-order valence-electron chi connectivity index (χ4n) is 2.46. The number of hydrogen-bond donors (Lipinski definition) is 1. The zero-order chi connectivity index (χ0) is 18.4. The van der Waals surface area contributed by atoms with Crippen LogP contribution in [0.15, 0.2) is 77.4 Å². The average molecular weight is 350 g/mol. The fraction of sp³-hybridized carbons (Fsp3) is 0.190. The minimum atomic E-state index is -0.291. The van der Waals surface area contributed by atoms with Crippen molar-refractivity contribution in [1.82, 2.24) is 4.90 Å². The minimum Gasteiger partial charge on any atom is -0.468 e. The maximum absolute atomic E-state index is 12.4. The lowest BCUT2D eigenvalue weighted by Crippen LogP contribution is -2.39. The van der Waals surface area contributed by atoms with Gasteiger partial charge in [0.1, 0.15) is 17.3 Å². The molecule has 0 aliphatic heterocycles. The van der Waals surface area contributed by atoms with Gasteiger partial charge in [0.15, 0.2) is 0 Å². The summed E-state index contributed by atoms with van der Waals surface area (Å²) < 4.78 is 11.1. The highest BCUT2D eigenvalue weighted by Gasteiger charge is 2.19. The quantitative estimate of drug-likeness (QED) is 0.680. The predicted molar refractivity (Wildman–Crippen MR) is 101 cm³/mol. The number of furan rings is 1. The van der Waals surface area contributed by atoms with Crippen LogP contribution in [0.1, 0.15) is 12.7 Å². The number of anilines is 1. The number of nitrogens with zero attached hydrogens (tertiary/aromatic N) is 1. The highest BCUT2D eigenvalue weighted by Crippen LogP contribution is 2.22. The van der Waals surface area contributed by atoms with Crippen molar-refractivity contribution in [1.29, 1.82) is 0 Å². The van der Waals surface area contributed by atoms with Crippen molar-refractivity contribution in [2.45, 2.75) is 19.5 Å². The molecule has 134 valence electrons. The molecule has 0 radical (unpaired) electrons. The molecule has 5 heteroatoms. The molecule has 0 bridgehead atoms. The SMILES string of the molecule is CC(C(=O)Nc1ccc(Oc2ccccc2)cc1)N(C)Cc1ccco1. The Morgan fingerprint density at radius 1 is 1.04 bits per heavy atom. The van der Waals surface area contributed by atoms with Gasteiger partial charge in [-0.15, -0.1) is 0 Å². The largest absolute Gasteiger partial charge is 0.468 e. The molecule has 26 heavy (non-hydrogen) atoms. The molecule has 0 aliphatic rings. The van der Waals surface area contributed by atoms with E-state index in [0.29, 0.717) is 6.54 Å². The Bertz CT molecular complexity index is 814. The van der Waals surface area contributed by atoms with E-state index in [4.69, 9.17) is 9.15 Å². The van der Waals surface area contributed by atoms with Crippen molar-refractivity contribution in [3.8, 4) is 11.5 Å². The summed E-state index contributed by atoms with van der Waals surface area (Å²) in [6, 6.07) is 20.3. The number of benzene rings is 2. The molecule has 3 aromatic rings. The van der Waals surface area contributed by atoms with E-state index >= 15 is 0 Å². The number of para-hydroxylation sites is 1. The summed E-state index contributed by atoms with van der Waals surface area (Å²) in [4.78, 5) is 14.4. The maximum Gasteiger partial charge on any atom is 0.241 e. The molecule has 0 saturated heterocycles. The summed E-state index contributed by atoms with van der Waals surface area (Å²) in [5.41, 5.74) is 0.730. The van der Waals surface area contributed by atoms with Gasteiger partial charge in [0, 0.05) is 5.69 Å². The van der Waals surface area contributed by atoms with Crippen LogP contribution in [0, 0.1) is 0 Å². The Hall–Kier alpha value is -3.05. The summed E-state index contributed by atoms with van der Waals surface area (Å²) in [5.74, 6) is 2.25. The van der Waals surface area contributed by atoms with Gasteiger partial charge in [0.05, 0.1) is 18.8 Å². The van der Waals surface area contributed by atoms with Crippen molar-refractivity contribution < 1.29 is 13.9 Å². The first-order valence-corrected chi connectivity index (χ1v) is 8.48. The standard InChI is InChI=1S/C21H22N2O3/c1-16(23(2)15-20-9-6-14-25-20)21(24)22-17-10-12-19(13-11-17)26-18-7-4-3-5-8-18/h3-14,16H,15H2,1-2H3,(H,22,24). The molecule has 0 spiro atoms. The van der Waals surface area contributed by atoms with Crippen molar-refractivity contribution in [3.63, 3.8) is 0 Å². The van der Waals surface area contributed by atoms with Crippen LogP contribution in [0.5, 0.6) is 11.5 Å². The highest BCUT2D eigenvalue weighted by atomic mass is 16.5. The van der Waals surface area contributed by atoms with Gasteiger partial charge in [0.25, 0.3) is 0 Å². The first-order chi connectivity index (χ1) is 12.6. The van der Waals surface area contributed by atoms with Crippen LogP contribution in [0.25, 0.3) is 0 Å². The fourth-order valence-corrected chi connectivity index (χ4v) is 2.46. The molecule has 1 unspecified atom stereocenters. The maximum atomic E-state index is 12.4. The summed E-state index contributed by atoms with van der Waals surface area (Å²) in [6.45, 7) is 2.44. The highest BCUT2D eigenvalue weighted by molar-refractivity contribution is 5.94. The van der Waals surface area contributed by atoms with E-state index < -0.39 is 0 Å². The van der Waals surface area contributed by atoms with Gasteiger partial charge in [-0.05, 0) is 62.5 Å². The lowest BCUT2D eigenvalue weighted by molar-refractivity contribution is -0.120. The zero-order valence-electron chi connectivity index (χ0n) is 14.9. The second-order valence-corrected chi connectivity index (χ2v) is 6.10. The Labute approximate surface area is 153 Å². The van der Waals surface area contributed by atoms with Crippen LogP contribution in [-0.4, -0.2) is 23.9 Å². The summed E-state index contributed by atoms with van der Waals surface area (Å²) >= 11 is 0. The predicted octanol–water partition coefficient (Wildman–Crippen LogP) is 4.53. The Balaban J connectivity index is 1.55.